The molecule has 0 rings (SSSR count). The second-order valence-electron chi connectivity index (χ2n) is 26.8. The molecule has 87 heavy (non-hydrogen) atoms. The number of rotatable bonds is 69. The van der Waals surface area contributed by atoms with Crippen molar-refractivity contribution in [2.24, 2.45) is 0 Å². The first kappa shape index (κ1) is 84.7. The Morgan fingerprint density at radius 1 is 0.402 bits per heavy atom. The Morgan fingerprint density at radius 2 is 0.701 bits per heavy atom. The van der Waals surface area contributed by atoms with Gasteiger partial charge in [-0.2, -0.15) is 0 Å². The first-order valence-corrected chi connectivity index (χ1v) is 39.1. The monoisotopic (exact) mass is 1240 g/mol. The Kier molecular flexibility index (Phi) is 64.9. The third kappa shape index (κ3) is 67.9. The number of phosphoric acid groups is 1. The largest absolute Gasteiger partial charge is 0.472 e. The van der Waals surface area contributed by atoms with E-state index in [1.165, 1.54) is 263 Å². The van der Waals surface area contributed by atoms with Gasteiger partial charge in [-0.25, -0.2) is 4.57 Å². The first-order valence-electron chi connectivity index (χ1n) is 37.6. The van der Waals surface area contributed by atoms with E-state index >= 15 is 0 Å². The van der Waals surface area contributed by atoms with Crippen molar-refractivity contribution in [2.75, 3.05) is 40.9 Å². The van der Waals surface area contributed by atoms with E-state index in [0.29, 0.717) is 23.9 Å². The quantitative estimate of drug-likeness (QED) is 0.0205. The standard InChI is InChI=1S/C77H145N2O7P/c1-7-10-13-16-19-22-25-28-30-32-34-36-38-39-41-43-45-47-49-52-55-58-61-64-67-70-77(81)86-75(68-65-62-59-56-53-50-27-24-21-18-15-12-9-3)74(73-85-87(82,83)84-72-71-79(4,5)6)78-76(80)69-66-63-60-57-54-51-48-46-44-42-40-37-35-33-31-29-26-23-20-17-14-11-8-2/h20,23,28-31,35,37,65,68,74-75H,7-19,21-22,24-27,32-34,36,38-64,66-67,69-73H2,1-6H3,(H-,78,80,82,83)/p+1/b23-20-,30-28+,31-29-,37-35-,68-65+. The maximum Gasteiger partial charge on any atom is 0.472 e. The van der Waals surface area contributed by atoms with Crippen LogP contribution in [0.15, 0.2) is 60.8 Å². The molecule has 510 valence electrons. The minimum Gasteiger partial charge on any atom is -0.456 e. The zero-order chi connectivity index (χ0) is 63.5. The molecule has 0 aliphatic carbocycles. The minimum absolute atomic E-state index is 0.0399. The number of carbonyl (C=O) groups excluding carboxylic acids is 2. The van der Waals surface area contributed by atoms with Crippen molar-refractivity contribution in [2.45, 2.75) is 380 Å². The summed E-state index contributed by atoms with van der Waals surface area (Å²) < 4.78 is 30.9. The number of esters is 1. The number of hydrogen-bond donors (Lipinski definition) is 2. The molecule has 2 N–H and O–H groups in total. The molecule has 0 aromatic rings. The first-order chi connectivity index (χ1) is 42.4. The highest BCUT2D eigenvalue weighted by molar-refractivity contribution is 7.47. The fraction of sp³-hybridized carbons (Fsp3) is 0.844. The summed E-state index contributed by atoms with van der Waals surface area (Å²) in [6.07, 6.45) is 86.6. The fourth-order valence-electron chi connectivity index (χ4n) is 11.1. The van der Waals surface area contributed by atoms with Crippen LogP contribution in [-0.2, 0) is 27.9 Å². The molecule has 0 aromatic heterocycles. The van der Waals surface area contributed by atoms with Crippen molar-refractivity contribution < 1.29 is 37.3 Å². The van der Waals surface area contributed by atoms with E-state index in [-0.39, 0.29) is 25.1 Å². The zero-order valence-electron chi connectivity index (χ0n) is 58.5. The van der Waals surface area contributed by atoms with Gasteiger partial charge in [-0.1, -0.05) is 319 Å². The van der Waals surface area contributed by atoms with Crippen molar-refractivity contribution in [3.05, 3.63) is 60.8 Å². The number of likely N-dealkylation sites (N-methyl/N-ethyl adjacent to an activating group) is 1. The topological polar surface area (TPSA) is 111 Å². The van der Waals surface area contributed by atoms with Crippen molar-refractivity contribution in [1.29, 1.82) is 0 Å². The van der Waals surface area contributed by atoms with Crippen LogP contribution in [0, 0.1) is 0 Å². The Morgan fingerprint density at radius 3 is 1.08 bits per heavy atom. The van der Waals surface area contributed by atoms with Crippen LogP contribution in [0.3, 0.4) is 0 Å². The van der Waals surface area contributed by atoms with Gasteiger partial charge in [-0.05, 0) is 96.0 Å². The number of hydrogen-bond acceptors (Lipinski definition) is 6. The van der Waals surface area contributed by atoms with E-state index in [1.54, 1.807) is 0 Å². The summed E-state index contributed by atoms with van der Waals surface area (Å²) >= 11 is 0. The second kappa shape index (κ2) is 66.6. The summed E-state index contributed by atoms with van der Waals surface area (Å²) in [4.78, 5) is 38.0. The highest BCUT2D eigenvalue weighted by Gasteiger charge is 2.30. The number of ether oxygens (including phenoxy) is 1. The number of quaternary nitrogens is 1. The Hall–Kier alpha value is -2.29. The number of allylic oxidation sites excluding steroid dienone is 9. The third-order valence-electron chi connectivity index (χ3n) is 16.9. The highest BCUT2D eigenvalue weighted by atomic mass is 31.2. The highest BCUT2D eigenvalue weighted by Crippen LogP contribution is 2.43. The molecule has 0 aromatic carbocycles. The van der Waals surface area contributed by atoms with Crippen LogP contribution in [0.4, 0.5) is 0 Å². The third-order valence-corrected chi connectivity index (χ3v) is 17.9. The number of nitrogens with zero attached hydrogens (tertiary/aromatic N) is 1. The average molecular weight is 1240 g/mol. The molecule has 1 amide bonds. The van der Waals surface area contributed by atoms with E-state index in [1.807, 2.05) is 27.2 Å². The molecule has 0 aliphatic rings. The van der Waals surface area contributed by atoms with Crippen LogP contribution in [0.25, 0.3) is 0 Å². The van der Waals surface area contributed by atoms with Gasteiger partial charge in [-0.15, -0.1) is 0 Å². The summed E-state index contributed by atoms with van der Waals surface area (Å²) in [5, 5.41) is 3.08. The predicted molar refractivity (Wildman–Crippen MR) is 378 cm³/mol. The van der Waals surface area contributed by atoms with E-state index in [0.717, 1.165) is 70.6 Å². The second-order valence-corrected chi connectivity index (χ2v) is 28.3. The number of unbranched alkanes of at least 4 members (excludes halogenated alkanes) is 45. The summed E-state index contributed by atoms with van der Waals surface area (Å²) in [6.45, 7) is 7.03. The molecule has 9 nitrogen and oxygen atoms in total. The number of nitrogens with one attached hydrogen (secondary N) is 1. The van der Waals surface area contributed by atoms with Crippen LogP contribution < -0.4 is 5.32 Å². The van der Waals surface area contributed by atoms with Gasteiger partial charge in [0, 0.05) is 12.8 Å². The molecule has 3 atom stereocenters. The molecular weight excluding hydrogens is 1100 g/mol. The van der Waals surface area contributed by atoms with E-state index in [9.17, 15) is 19.0 Å². The van der Waals surface area contributed by atoms with Crippen molar-refractivity contribution in [1.82, 2.24) is 5.32 Å². The number of carbonyl (C=O) groups is 2. The number of phosphoric ester groups is 1. The summed E-state index contributed by atoms with van der Waals surface area (Å²) in [6, 6.07) is -0.852. The van der Waals surface area contributed by atoms with Crippen LogP contribution in [0.5, 0.6) is 0 Å². The smallest absolute Gasteiger partial charge is 0.456 e. The van der Waals surface area contributed by atoms with Gasteiger partial charge in [0.2, 0.25) is 5.91 Å². The van der Waals surface area contributed by atoms with Crippen LogP contribution in [0.1, 0.15) is 367 Å². The molecule has 3 unspecified atom stereocenters. The molecule has 0 radical (unpaired) electrons. The van der Waals surface area contributed by atoms with Crippen LogP contribution >= 0.6 is 7.82 Å². The van der Waals surface area contributed by atoms with Gasteiger partial charge >= 0.3 is 13.8 Å². The van der Waals surface area contributed by atoms with Gasteiger partial charge in [0.25, 0.3) is 0 Å². The lowest BCUT2D eigenvalue weighted by atomic mass is 10.0. The summed E-state index contributed by atoms with van der Waals surface area (Å²) in [7, 11) is 1.50. The van der Waals surface area contributed by atoms with Gasteiger partial charge in [0.05, 0.1) is 33.8 Å². The minimum atomic E-state index is -4.46. The molecule has 0 aliphatic heterocycles. The van der Waals surface area contributed by atoms with Gasteiger partial charge in [0.15, 0.2) is 0 Å². The molecule has 0 saturated heterocycles. The molecular formula is C77H146N2O7P+. The lowest BCUT2D eigenvalue weighted by Crippen LogP contribution is -2.47. The van der Waals surface area contributed by atoms with Gasteiger partial charge in [0.1, 0.15) is 19.3 Å². The molecule has 0 fully saturated rings. The Bertz CT molecular complexity index is 1670. The van der Waals surface area contributed by atoms with Crippen LogP contribution in [-0.4, -0.2) is 74.3 Å². The lowest BCUT2D eigenvalue weighted by molar-refractivity contribution is -0.870. The van der Waals surface area contributed by atoms with E-state index in [4.69, 9.17) is 13.8 Å². The lowest BCUT2D eigenvalue weighted by Gasteiger charge is -2.27. The molecule has 0 saturated carbocycles. The average Bonchev–Trinajstić information content (AvgIpc) is 3.69. The normalized spacial score (nSPS) is 13.8. The van der Waals surface area contributed by atoms with Gasteiger partial charge in [-0.3, -0.25) is 18.6 Å². The molecule has 0 spiro atoms. The Balaban J connectivity index is 5.04. The van der Waals surface area contributed by atoms with Crippen LogP contribution in [0.2, 0.25) is 0 Å². The summed E-state index contributed by atoms with van der Waals surface area (Å²) in [5.41, 5.74) is 0. The molecule has 10 heteroatoms. The maximum atomic E-state index is 13.6. The van der Waals surface area contributed by atoms with Crippen molar-refractivity contribution in [3.63, 3.8) is 0 Å². The van der Waals surface area contributed by atoms with Crippen molar-refractivity contribution in [3.8, 4) is 0 Å². The predicted octanol–water partition coefficient (Wildman–Crippen LogP) is 24.1. The maximum absolute atomic E-state index is 13.6. The van der Waals surface area contributed by atoms with Gasteiger partial charge < -0.3 is 19.4 Å². The van der Waals surface area contributed by atoms with E-state index < -0.39 is 20.0 Å². The molecule has 0 heterocycles. The SMILES string of the molecule is CCCCC/C=C\C/C=C\C/C=C\CCCCCCCCCCCCC(=O)NC(COP(=O)(O)OCC[N+](C)(C)C)C(/C=C/CCCCCCCCCCCCC)OC(=O)CCCCCCCCCCCCCCCCC/C=C/CCCCCCCC. The Labute approximate surface area is 541 Å². The number of amides is 1. The van der Waals surface area contributed by atoms with Crippen molar-refractivity contribution >= 4 is 19.7 Å². The van der Waals surface area contributed by atoms with E-state index in [2.05, 4.69) is 80.8 Å². The molecule has 0 bridgehead atoms. The summed E-state index contributed by atoms with van der Waals surface area (Å²) in [5.74, 6) is -0.493. The fourth-order valence-corrected chi connectivity index (χ4v) is 11.9. The zero-order valence-corrected chi connectivity index (χ0v) is 59.4.